The molecule has 0 unspecified atom stereocenters. The third kappa shape index (κ3) is 2.78. The quantitative estimate of drug-likeness (QED) is 0.479. The lowest BCUT2D eigenvalue weighted by atomic mass is 10.4. The smallest absolute Gasteiger partial charge is 0.430 e. The van der Waals surface area contributed by atoms with E-state index in [2.05, 4.69) is 11.3 Å². The van der Waals surface area contributed by atoms with E-state index in [1.165, 1.54) is 6.08 Å². The molecule has 1 aliphatic rings. The number of rotatable bonds is 3. The Kier molecular flexibility index (Phi) is 3.38. The largest absolute Gasteiger partial charge is 0.513 e. The molecule has 0 heterocycles. The first-order valence-corrected chi connectivity index (χ1v) is 3.97. The second kappa shape index (κ2) is 4.59. The van der Waals surface area contributed by atoms with Gasteiger partial charge in [0.25, 0.3) is 0 Å². The number of allylic oxidation sites excluding steroid dienone is 2. The average Bonchev–Trinajstić information content (AvgIpc) is 2.53. The Morgan fingerprint density at radius 3 is 3.17 bits per heavy atom. The number of hydrogen-bond acceptors (Lipinski definition) is 3. The minimum Gasteiger partial charge on any atom is -0.430 e. The van der Waals surface area contributed by atoms with Crippen LogP contribution in [-0.4, -0.2) is 12.8 Å². The summed E-state index contributed by atoms with van der Waals surface area (Å²) in [5, 5.41) is 0. The van der Waals surface area contributed by atoms with Crippen LogP contribution in [0.2, 0.25) is 0 Å². The predicted octanol–water partition coefficient (Wildman–Crippen LogP) is 2.39. The normalized spacial score (nSPS) is 15.2. The van der Waals surface area contributed by atoms with Crippen molar-refractivity contribution < 1.29 is 14.3 Å². The van der Waals surface area contributed by atoms with E-state index in [1.807, 2.05) is 6.08 Å². The molecule has 3 heteroatoms. The van der Waals surface area contributed by atoms with Gasteiger partial charge in [-0.05, 0) is 18.9 Å². The molecule has 0 atom stereocenters. The van der Waals surface area contributed by atoms with Gasteiger partial charge < -0.3 is 9.47 Å². The number of hydrogen-bond donors (Lipinski definition) is 0. The van der Waals surface area contributed by atoms with Gasteiger partial charge in [0.1, 0.15) is 12.4 Å². The highest BCUT2D eigenvalue weighted by Gasteiger charge is 2.10. The van der Waals surface area contributed by atoms with Gasteiger partial charge in [-0.15, -0.1) is 0 Å². The molecule has 0 saturated carbocycles. The molecule has 0 saturated heterocycles. The Morgan fingerprint density at radius 1 is 1.75 bits per heavy atom. The molecule has 0 aromatic rings. The predicted molar refractivity (Wildman–Crippen MR) is 44.6 cm³/mol. The Bertz CT molecular complexity index is 206. The van der Waals surface area contributed by atoms with Crippen LogP contribution >= 0.6 is 0 Å². The van der Waals surface area contributed by atoms with E-state index in [0.717, 1.165) is 25.0 Å². The Hall–Kier alpha value is -1.25. The molecule has 0 aromatic heterocycles. The topological polar surface area (TPSA) is 35.5 Å². The summed E-state index contributed by atoms with van der Waals surface area (Å²) in [4.78, 5) is 10.8. The zero-order valence-electron chi connectivity index (χ0n) is 6.91. The van der Waals surface area contributed by atoms with E-state index in [0.29, 0.717) is 0 Å². The molecule has 1 rings (SSSR count). The lowest BCUT2D eigenvalue weighted by Crippen LogP contribution is -2.06. The number of ether oxygens (including phenoxy) is 2. The van der Waals surface area contributed by atoms with Crippen molar-refractivity contribution in [1.29, 1.82) is 0 Å². The fourth-order valence-electron chi connectivity index (χ4n) is 0.998. The summed E-state index contributed by atoms with van der Waals surface area (Å²) in [6, 6.07) is 0. The first-order chi connectivity index (χ1) is 5.83. The van der Waals surface area contributed by atoms with Crippen LogP contribution in [0.5, 0.6) is 0 Å². The molecular weight excluding hydrogens is 156 g/mol. The maximum absolute atomic E-state index is 10.8. The fraction of sp³-hybridized carbons (Fsp3) is 0.444. The molecule has 0 spiro atoms. The summed E-state index contributed by atoms with van der Waals surface area (Å²) < 4.78 is 9.50. The van der Waals surface area contributed by atoms with Gasteiger partial charge >= 0.3 is 6.16 Å². The Morgan fingerprint density at radius 2 is 2.58 bits per heavy atom. The maximum Gasteiger partial charge on any atom is 0.513 e. The van der Waals surface area contributed by atoms with Crippen LogP contribution < -0.4 is 0 Å². The molecule has 1 aliphatic carbocycles. The Labute approximate surface area is 71.7 Å². The first kappa shape index (κ1) is 8.84. The molecule has 0 radical (unpaired) electrons. The highest BCUT2D eigenvalue weighted by molar-refractivity contribution is 5.61. The van der Waals surface area contributed by atoms with Gasteiger partial charge in [0.15, 0.2) is 0 Å². The molecule has 12 heavy (non-hydrogen) atoms. The molecular formula is C9H12O3. The van der Waals surface area contributed by atoms with Crippen molar-refractivity contribution in [1.82, 2.24) is 0 Å². The molecule has 0 aliphatic heterocycles. The van der Waals surface area contributed by atoms with Crippen molar-refractivity contribution >= 4 is 6.16 Å². The monoisotopic (exact) mass is 168 g/mol. The van der Waals surface area contributed by atoms with E-state index in [1.54, 1.807) is 0 Å². The average molecular weight is 168 g/mol. The van der Waals surface area contributed by atoms with Crippen molar-refractivity contribution in [2.75, 3.05) is 6.61 Å². The van der Waals surface area contributed by atoms with Crippen LogP contribution in [0, 0.1) is 0 Å². The van der Waals surface area contributed by atoms with E-state index in [4.69, 9.17) is 4.74 Å². The first-order valence-electron chi connectivity index (χ1n) is 3.97. The van der Waals surface area contributed by atoms with E-state index < -0.39 is 6.16 Å². The minimum absolute atomic E-state index is 0.201. The summed E-state index contributed by atoms with van der Waals surface area (Å²) in [6.07, 6.45) is 5.67. The van der Waals surface area contributed by atoms with Crippen LogP contribution in [0.4, 0.5) is 4.79 Å². The van der Waals surface area contributed by atoms with Crippen molar-refractivity contribution in [2.45, 2.75) is 19.3 Å². The summed E-state index contributed by atoms with van der Waals surface area (Å²) >= 11 is 0. The van der Waals surface area contributed by atoms with Gasteiger partial charge in [0.05, 0.1) is 0 Å². The van der Waals surface area contributed by atoms with E-state index in [9.17, 15) is 4.79 Å². The van der Waals surface area contributed by atoms with Crippen LogP contribution in [0.25, 0.3) is 0 Å². The van der Waals surface area contributed by atoms with Crippen molar-refractivity contribution in [3.63, 3.8) is 0 Å². The molecule has 0 N–H and O–H groups in total. The molecule has 0 amide bonds. The summed E-state index contributed by atoms with van der Waals surface area (Å²) in [7, 11) is 0. The highest BCUT2D eigenvalue weighted by atomic mass is 16.7. The van der Waals surface area contributed by atoms with Crippen LogP contribution in [0.3, 0.4) is 0 Å². The van der Waals surface area contributed by atoms with Gasteiger partial charge in [0, 0.05) is 6.42 Å². The van der Waals surface area contributed by atoms with Gasteiger partial charge in [-0.2, -0.15) is 0 Å². The van der Waals surface area contributed by atoms with Crippen molar-refractivity contribution in [3.05, 3.63) is 24.5 Å². The minimum atomic E-state index is -0.636. The summed E-state index contributed by atoms with van der Waals surface area (Å²) in [5.74, 6) is 0.726. The highest BCUT2D eigenvalue weighted by Crippen LogP contribution is 2.18. The van der Waals surface area contributed by atoms with E-state index in [-0.39, 0.29) is 6.61 Å². The molecule has 66 valence electrons. The molecule has 0 fully saturated rings. The fourth-order valence-corrected chi connectivity index (χ4v) is 0.998. The molecule has 0 aromatic carbocycles. The SMILES string of the molecule is C=CCOC(=O)OC1=CCCC1. The second-order valence-electron chi connectivity index (χ2n) is 2.51. The van der Waals surface area contributed by atoms with E-state index >= 15 is 0 Å². The number of carbonyl (C=O) groups is 1. The lowest BCUT2D eigenvalue weighted by Gasteiger charge is -2.03. The third-order valence-corrected chi connectivity index (χ3v) is 1.53. The van der Waals surface area contributed by atoms with Crippen LogP contribution in [0.1, 0.15) is 19.3 Å². The maximum atomic E-state index is 10.8. The summed E-state index contributed by atoms with van der Waals surface area (Å²) in [6.45, 7) is 3.62. The second-order valence-corrected chi connectivity index (χ2v) is 2.51. The zero-order chi connectivity index (χ0) is 8.81. The van der Waals surface area contributed by atoms with Gasteiger partial charge in [-0.1, -0.05) is 12.7 Å². The molecule has 0 bridgehead atoms. The van der Waals surface area contributed by atoms with Crippen LogP contribution in [0.15, 0.2) is 24.5 Å². The van der Waals surface area contributed by atoms with Crippen LogP contribution in [-0.2, 0) is 9.47 Å². The van der Waals surface area contributed by atoms with Crippen molar-refractivity contribution in [3.8, 4) is 0 Å². The lowest BCUT2D eigenvalue weighted by molar-refractivity contribution is 0.0851. The number of carbonyl (C=O) groups excluding carboxylic acids is 1. The third-order valence-electron chi connectivity index (χ3n) is 1.53. The zero-order valence-corrected chi connectivity index (χ0v) is 6.91. The van der Waals surface area contributed by atoms with Crippen molar-refractivity contribution in [2.24, 2.45) is 0 Å². The Balaban J connectivity index is 2.21. The van der Waals surface area contributed by atoms with Gasteiger partial charge in [-0.25, -0.2) is 4.79 Å². The summed E-state index contributed by atoms with van der Waals surface area (Å²) in [5.41, 5.74) is 0. The standard InChI is InChI=1S/C9H12O3/c1-2-7-11-9(10)12-8-5-3-4-6-8/h2,5H,1,3-4,6-7H2. The van der Waals surface area contributed by atoms with Gasteiger partial charge in [-0.3, -0.25) is 0 Å². The molecule has 3 nitrogen and oxygen atoms in total. The van der Waals surface area contributed by atoms with Gasteiger partial charge in [0.2, 0.25) is 0 Å².